The Morgan fingerprint density at radius 3 is 2.65 bits per heavy atom. The van der Waals surface area contributed by atoms with Crippen molar-refractivity contribution < 1.29 is 9.18 Å². The summed E-state index contributed by atoms with van der Waals surface area (Å²) >= 11 is 0. The van der Waals surface area contributed by atoms with Crippen LogP contribution in [0.2, 0.25) is 0 Å². The van der Waals surface area contributed by atoms with Crippen molar-refractivity contribution in [3.05, 3.63) is 65.7 Å². The summed E-state index contributed by atoms with van der Waals surface area (Å²) < 4.78 is 15.1. The first-order chi connectivity index (χ1) is 15.0. The number of benzene rings is 2. The minimum Gasteiger partial charge on any atom is -0.338 e. The molecule has 0 radical (unpaired) electrons. The largest absolute Gasteiger partial charge is 0.338 e. The summed E-state index contributed by atoms with van der Waals surface area (Å²) in [5.74, 6) is 1.34. The van der Waals surface area contributed by atoms with Crippen LogP contribution in [0.25, 0.3) is 16.6 Å². The van der Waals surface area contributed by atoms with Crippen LogP contribution in [-0.4, -0.2) is 56.1 Å². The van der Waals surface area contributed by atoms with Crippen molar-refractivity contribution in [2.75, 3.05) is 24.5 Å². The molecule has 0 saturated carbocycles. The maximum absolute atomic E-state index is 13.1. The SMILES string of the molecule is Cc1nnc2c3ccccc3nc(N3CCN(C(=O)Cc4ccc(F)cc4)[C@H](C)C3)n12. The lowest BCUT2D eigenvalue weighted by molar-refractivity contribution is -0.132. The Hall–Kier alpha value is -3.55. The van der Waals surface area contributed by atoms with E-state index in [9.17, 15) is 9.18 Å². The van der Waals surface area contributed by atoms with Gasteiger partial charge in [-0.15, -0.1) is 10.2 Å². The van der Waals surface area contributed by atoms with E-state index in [1.54, 1.807) is 12.1 Å². The quantitative estimate of drug-likeness (QED) is 0.512. The monoisotopic (exact) mass is 418 g/mol. The van der Waals surface area contributed by atoms with E-state index in [1.807, 2.05) is 47.4 Å². The number of hydrogen-bond acceptors (Lipinski definition) is 5. The third kappa shape index (κ3) is 3.48. The number of aryl methyl sites for hydroxylation is 1. The van der Waals surface area contributed by atoms with Crippen LogP contribution in [0.4, 0.5) is 10.3 Å². The number of piperazine rings is 1. The van der Waals surface area contributed by atoms with Gasteiger partial charge < -0.3 is 9.80 Å². The number of rotatable bonds is 3. The molecule has 1 atom stereocenters. The lowest BCUT2D eigenvalue weighted by Crippen LogP contribution is -2.55. The number of amides is 1. The average molecular weight is 418 g/mol. The van der Waals surface area contributed by atoms with Crippen LogP contribution in [-0.2, 0) is 11.2 Å². The molecule has 158 valence electrons. The highest BCUT2D eigenvalue weighted by atomic mass is 19.1. The van der Waals surface area contributed by atoms with Crippen LogP contribution < -0.4 is 4.90 Å². The van der Waals surface area contributed by atoms with Gasteiger partial charge in [0.15, 0.2) is 5.65 Å². The van der Waals surface area contributed by atoms with Crippen LogP contribution >= 0.6 is 0 Å². The summed E-state index contributed by atoms with van der Waals surface area (Å²) in [6.07, 6.45) is 0.271. The number of carbonyl (C=O) groups excluding carboxylic acids is 1. The molecule has 8 heteroatoms. The molecule has 7 nitrogen and oxygen atoms in total. The topological polar surface area (TPSA) is 66.6 Å². The smallest absolute Gasteiger partial charge is 0.227 e. The van der Waals surface area contributed by atoms with Gasteiger partial charge in [-0.1, -0.05) is 24.3 Å². The van der Waals surface area contributed by atoms with Gasteiger partial charge in [-0.25, -0.2) is 13.8 Å². The Bertz CT molecular complexity index is 1270. The Morgan fingerprint density at radius 2 is 1.87 bits per heavy atom. The van der Waals surface area contributed by atoms with Gasteiger partial charge in [-0.2, -0.15) is 0 Å². The summed E-state index contributed by atoms with van der Waals surface area (Å²) in [5, 5.41) is 9.61. The predicted octanol–water partition coefficient (Wildman–Crippen LogP) is 3.00. The van der Waals surface area contributed by atoms with Crippen molar-refractivity contribution >= 4 is 28.4 Å². The van der Waals surface area contributed by atoms with E-state index >= 15 is 0 Å². The van der Waals surface area contributed by atoms with Gasteiger partial charge >= 0.3 is 0 Å². The fraction of sp³-hybridized carbons (Fsp3) is 0.304. The first-order valence-corrected chi connectivity index (χ1v) is 10.4. The summed E-state index contributed by atoms with van der Waals surface area (Å²) in [6, 6.07) is 14.1. The number of fused-ring (bicyclic) bond motifs is 3. The van der Waals surface area contributed by atoms with Gasteiger partial charge in [0, 0.05) is 31.1 Å². The Labute approximate surface area is 179 Å². The number of anilines is 1. The number of carbonyl (C=O) groups is 1. The highest BCUT2D eigenvalue weighted by Gasteiger charge is 2.30. The molecule has 1 saturated heterocycles. The van der Waals surface area contributed by atoms with E-state index in [-0.39, 0.29) is 24.2 Å². The fourth-order valence-corrected chi connectivity index (χ4v) is 4.29. The molecule has 2 aromatic heterocycles. The van der Waals surface area contributed by atoms with Crippen molar-refractivity contribution in [2.24, 2.45) is 0 Å². The second-order valence-corrected chi connectivity index (χ2v) is 8.02. The molecule has 4 aromatic rings. The van der Waals surface area contributed by atoms with E-state index < -0.39 is 0 Å². The summed E-state index contributed by atoms with van der Waals surface area (Å²) in [5.41, 5.74) is 2.49. The van der Waals surface area contributed by atoms with E-state index in [2.05, 4.69) is 15.1 Å². The third-order valence-electron chi connectivity index (χ3n) is 5.89. The number of halogens is 1. The molecule has 0 N–H and O–H groups in total. The predicted molar refractivity (Wildman–Crippen MR) is 117 cm³/mol. The second kappa shape index (κ2) is 7.61. The number of aromatic nitrogens is 4. The molecule has 31 heavy (non-hydrogen) atoms. The van der Waals surface area contributed by atoms with Crippen molar-refractivity contribution in [1.29, 1.82) is 0 Å². The van der Waals surface area contributed by atoms with Crippen LogP contribution in [0.1, 0.15) is 18.3 Å². The molecule has 3 heterocycles. The zero-order chi connectivity index (χ0) is 21.5. The standard InChI is InChI=1S/C23H23FN6O/c1-15-14-28(11-12-29(15)21(31)13-17-7-9-18(24)10-8-17)23-25-20-6-4-3-5-19(20)22-27-26-16(2)30(22)23/h3-10,15H,11-14H2,1-2H3/t15-/m1/s1. The van der Waals surface area contributed by atoms with Crippen molar-refractivity contribution in [3.8, 4) is 0 Å². The van der Waals surface area contributed by atoms with Gasteiger partial charge in [0.2, 0.25) is 11.9 Å². The van der Waals surface area contributed by atoms with Crippen LogP contribution in [0.3, 0.4) is 0 Å². The first-order valence-electron chi connectivity index (χ1n) is 10.4. The highest BCUT2D eigenvalue weighted by Crippen LogP contribution is 2.25. The molecule has 1 fully saturated rings. The fourth-order valence-electron chi connectivity index (χ4n) is 4.29. The van der Waals surface area contributed by atoms with Gasteiger partial charge in [0.1, 0.15) is 11.6 Å². The third-order valence-corrected chi connectivity index (χ3v) is 5.89. The normalized spacial score (nSPS) is 16.9. The molecular formula is C23H23FN6O. The average Bonchev–Trinajstić information content (AvgIpc) is 3.16. The summed E-state index contributed by atoms with van der Waals surface area (Å²) in [6.45, 7) is 5.89. The van der Waals surface area contributed by atoms with E-state index in [4.69, 9.17) is 4.98 Å². The molecule has 0 spiro atoms. The second-order valence-electron chi connectivity index (χ2n) is 8.02. The molecule has 1 aliphatic rings. The van der Waals surface area contributed by atoms with E-state index in [0.29, 0.717) is 19.6 Å². The van der Waals surface area contributed by atoms with E-state index in [1.165, 1.54) is 12.1 Å². The zero-order valence-corrected chi connectivity index (χ0v) is 17.5. The van der Waals surface area contributed by atoms with E-state index in [0.717, 1.165) is 33.9 Å². The lowest BCUT2D eigenvalue weighted by atomic mass is 10.1. The molecule has 1 aliphatic heterocycles. The highest BCUT2D eigenvalue weighted by molar-refractivity contribution is 5.92. The molecule has 0 aliphatic carbocycles. The zero-order valence-electron chi connectivity index (χ0n) is 17.5. The molecule has 0 unspecified atom stereocenters. The minimum absolute atomic E-state index is 0.0156. The van der Waals surface area contributed by atoms with Gasteiger partial charge in [0.05, 0.1) is 11.9 Å². The Morgan fingerprint density at radius 1 is 1.10 bits per heavy atom. The summed E-state index contributed by atoms with van der Waals surface area (Å²) in [7, 11) is 0. The minimum atomic E-state index is -0.295. The maximum Gasteiger partial charge on any atom is 0.227 e. The maximum atomic E-state index is 13.1. The molecule has 2 aromatic carbocycles. The molecule has 0 bridgehead atoms. The molecular weight excluding hydrogens is 395 g/mol. The number of para-hydroxylation sites is 1. The van der Waals surface area contributed by atoms with Crippen LogP contribution in [0.5, 0.6) is 0 Å². The van der Waals surface area contributed by atoms with Gasteiger partial charge in [-0.05, 0) is 43.7 Å². The Balaban J connectivity index is 1.40. The van der Waals surface area contributed by atoms with Crippen LogP contribution in [0, 0.1) is 12.7 Å². The number of nitrogens with zero attached hydrogens (tertiary/aromatic N) is 6. The molecule has 1 amide bonds. The number of hydrogen-bond donors (Lipinski definition) is 0. The van der Waals surface area contributed by atoms with Crippen molar-refractivity contribution in [2.45, 2.75) is 26.3 Å². The van der Waals surface area contributed by atoms with Crippen LogP contribution in [0.15, 0.2) is 48.5 Å². The Kier molecular flexibility index (Phi) is 4.77. The lowest BCUT2D eigenvalue weighted by Gasteiger charge is -2.40. The first kappa shape index (κ1) is 19.4. The summed E-state index contributed by atoms with van der Waals surface area (Å²) in [4.78, 5) is 21.9. The van der Waals surface area contributed by atoms with Crippen molar-refractivity contribution in [1.82, 2.24) is 24.5 Å². The van der Waals surface area contributed by atoms with Crippen molar-refractivity contribution in [3.63, 3.8) is 0 Å². The molecule has 5 rings (SSSR count). The van der Waals surface area contributed by atoms with Gasteiger partial charge in [0.25, 0.3) is 0 Å². The van der Waals surface area contributed by atoms with Gasteiger partial charge in [-0.3, -0.25) is 4.79 Å².